The van der Waals surface area contributed by atoms with E-state index < -0.39 is 0 Å². The molecule has 1 fully saturated rings. The average Bonchev–Trinajstić information content (AvgIpc) is 2.84. The van der Waals surface area contributed by atoms with E-state index in [1.165, 1.54) is 19.3 Å². The number of hydrogen-bond donors (Lipinski definition) is 0. The van der Waals surface area contributed by atoms with Crippen molar-refractivity contribution in [3.63, 3.8) is 0 Å². The molecule has 5 heteroatoms. The monoisotopic (exact) mass is 282 g/mol. The summed E-state index contributed by atoms with van der Waals surface area (Å²) in [5, 5.41) is 3.13. The van der Waals surface area contributed by atoms with Gasteiger partial charge in [0, 0.05) is 5.38 Å². The van der Waals surface area contributed by atoms with Crippen LogP contribution in [-0.4, -0.2) is 35.5 Å². The molecule has 106 valence electrons. The van der Waals surface area contributed by atoms with E-state index in [2.05, 4.69) is 15.3 Å². The van der Waals surface area contributed by atoms with Gasteiger partial charge >= 0.3 is 5.97 Å². The van der Waals surface area contributed by atoms with Crippen molar-refractivity contribution in [2.75, 3.05) is 19.7 Å². The van der Waals surface area contributed by atoms with Gasteiger partial charge in [0.05, 0.1) is 29.8 Å². The second kappa shape index (κ2) is 7.01. The van der Waals surface area contributed by atoms with E-state index in [0.717, 1.165) is 23.8 Å². The fourth-order valence-electron chi connectivity index (χ4n) is 2.56. The molecule has 1 aromatic rings. The average molecular weight is 282 g/mol. The fourth-order valence-corrected chi connectivity index (χ4v) is 3.22. The third kappa shape index (κ3) is 4.01. The highest BCUT2D eigenvalue weighted by atomic mass is 32.1. The number of carbonyl (C=O) groups excluding carboxylic acids is 1. The molecule has 1 atom stereocenters. The van der Waals surface area contributed by atoms with Gasteiger partial charge in [0.1, 0.15) is 0 Å². The summed E-state index contributed by atoms with van der Waals surface area (Å²) in [6, 6.07) is 0.0873. The second-order valence-corrected chi connectivity index (χ2v) is 5.98. The maximum atomic E-state index is 11.8. The highest BCUT2D eigenvalue weighted by molar-refractivity contribution is 7.09. The first kappa shape index (κ1) is 14.5. The molecule has 1 aliphatic rings. The Morgan fingerprint density at radius 2 is 2.21 bits per heavy atom. The number of carbonyl (C=O) groups is 1. The number of rotatable bonds is 5. The van der Waals surface area contributed by atoms with Gasteiger partial charge < -0.3 is 4.74 Å². The molecule has 1 unspecified atom stereocenters. The summed E-state index contributed by atoms with van der Waals surface area (Å²) >= 11 is 1.65. The van der Waals surface area contributed by atoms with Gasteiger partial charge in [-0.3, -0.25) is 9.69 Å². The van der Waals surface area contributed by atoms with Crippen LogP contribution in [0.4, 0.5) is 0 Å². The molecule has 0 bridgehead atoms. The lowest BCUT2D eigenvalue weighted by molar-refractivity contribution is -0.144. The van der Waals surface area contributed by atoms with Gasteiger partial charge in [0.2, 0.25) is 0 Å². The number of aromatic nitrogens is 1. The molecule has 0 spiro atoms. The molecule has 4 nitrogen and oxygen atoms in total. The number of nitrogens with zero attached hydrogens (tertiary/aromatic N) is 2. The van der Waals surface area contributed by atoms with Crippen LogP contribution in [0.15, 0.2) is 5.38 Å². The normalized spacial score (nSPS) is 18.2. The fraction of sp³-hybridized carbons (Fsp3) is 0.714. The first-order valence-corrected chi connectivity index (χ1v) is 7.90. The van der Waals surface area contributed by atoms with Crippen molar-refractivity contribution >= 4 is 17.3 Å². The third-order valence-electron chi connectivity index (χ3n) is 3.47. The van der Waals surface area contributed by atoms with Crippen molar-refractivity contribution in [3.05, 3.63) is 16.1 Å². The number of esters is 1. The van der Waals surface area contributed by atoms with Crippen molar-refractivity contribution < 1.29 is 9.53 Å². The van der Waals surface area contributed by atoms with Gasteiger partial charge in [0.15, 0.2) is 0 Å². The Morgan fingerprint density at radius 1 is 1.47 bits per heavy atom. The molecular formula is C14H22N2O2S. The topological polar surface area (TPSA) is 42.4 Å². The highest BCUT2D eigenvalue weighted by Crippen LogP contribution is 2.28. The molecule has 1 saturated heterocycles. The van der Waals surface area contributed by atoms with E-state index in [1.807, 2.05) is 13.8 Å². The lowest BCUT2D eigenvalue weighted by Crippen LogP contribution is -2.35. The minimum Gasteiger partial charge on any atom is -0.466 e. The number of piperidine rings is 1. The molecule has 0 aliphatic carbocycles. The molecule has 2 heterocycles. The summed E-state index contributed by atoms with van der Waals surface area (Å²) in [4.78, 5) is 18.8. The lowest BCUT2D eigenvalue weighted by atomic mass is 10.0. The van der Waals surface area contributed by atoms with Crippen molar-refractivity contribution in [2.24, 2.45) is 0 Å². The van der Waals surface area contributed by atoms with Crippen LogP contribution < -0.4 is 0 Å². The van der Waals surface area contributed by atoms with Crippen LogP contribution in [0.25, 0.3) is 0 Å². The van der Waals surface area contributed by atoms with Crippen LogP contribution in [0.3, 0.4) is 0 Å². The smallest absolute Gasteiger partial charge is 0.307 e. The minimum absolute atomic E-state index is 0.0873. The largest absolute Gasteiger partial charge is 0.466 e. The summed E-state index contributed by atoms with van der Waals surface area (Å²) in [6.45, 7) is 6.41. The summed E-state index contributed by atoms with van der Waals surface area (Å²) in [5.74, 6) is -0.122. The molecule has 0 N–H and O–H groups in total. The zero-order valence-electron chi connectivity index (χ0n) is 11.7. The Bertz CT molecular complexity index is 413. The van der Waals surface area contributed by atoms with E-state index in [-0.39, 0.29) is 12.0 Å². The van der Waals surface area contributed by atoms with Crippen molar-refractivity contribution in [1.29, 1.82) is 0 Å². The number of aryl methyl sites for hydroxylation is 1. The van der Waals surface area contributed by atoms with Crippen LogP contribution in [0.1, 0.15) is 49.4 Å². The Labute approximate surface area is 118 Å². The number of likely N-dealkylation sites (tertiary alicyclic amines) is 1. The summed E-state index contributed by atoms with van der Waals surface area (Å²) in [5.41, 5.74) is 1.03. The van der Waals surface area contributed by atoms with Crippen LogP contribution in [-0.2, 0) is 9.53 Å². The number of ether oxygens (including phenoxy) is 1. The van der Waals surface area contributed by atoms with Gasteiger partial charge in [-0.15, -0.1) is 11.3 Å². The highest BCUT2D eigenvalue weighted by Gasteiger charge is 2.27. The molecule has 0 aromatic carbocycles. The maximum Gasteiger partial charge on any atom is 0.307 e. The van der Waals surface area contributed by atoms with E-state index in [4.69, 9.17) is 4.74 Å². The van der Waals surface area contributed by atoms with Crippen LogP contribution >= 0.6 is 11.3 Å². The van der Waals surface area contributed by atoms with Crippen LogP contribution in [0, 0.1) is 6.92 Å². The molecular weight excluding hydrogens is 260 g/mol. The molecule has 1 aromatic heterocycles. The van der Waals surface area contributed by atoms with Crippen LogP contribution in [0.2, 0.25) is 0 Å². The van der Waals surface area contributed by atoms with Gasteiger partial charge in [-0.05, 0) is 39.8 Å². The van der Waals surface area contributed by atoms with E-state index in [0.29, 0.717) is 13.0 Å². The van der Waals surface area contributed by atoms with Crippen LogP contribution in [0.5, 0.6) is 0 Å². The van der Waals surface area contributed by atoms with Gasteiger partial charge in [-0.25, -0.2) is 4.98 Å². The minimum atomic E-state index is -0.122. The zero-order chi connectivity index (χ0) is 13.7. The number of hydrogen-bond acceptors (Lipinski definition) is 5. The first-order valence-electron chi connectivity index (χ1n) is 7.02. The van der Waals surface area contributed by atoms with E-state index >= 15 is 0 Å². The predicted molar refractivity (Wildman–Crippen MR) is 76.3 cm³/mol. The Balaban J connectivity index is 2.10. The molecule has 19 heavy (non-hydrogen) atoms. The second-order valence-electron chi connectivity index (χ2n) is 4.91. The van der Waals surface area contributed by atoms with Gasteiger partial charge in [-0.1, -0.05) is 6.42 Å². The van der Waals surface area contributed by atoms with E-state index in [9.17, 15) is 4.79 Å². The molecule has 2 rings (SSSR count). The lowest BCUT2D eigenvalue weighted by Gasteiger charge is -2.33. The predicted octanol–water partition coefficient (Wildman–Crippen LogP) is 2.93. The quantitative estimate of drug-likeness (QED) is 0.779. The van der Waals surface area contributed by atoms with Crippen molar-refractivity contribution in [2.45, 2.75) is 45.6 Å². The molecule has 1 aliphatic heterocycles. The zero-order valence-corrected chi connectivity index (χ0v) is 12.5. The van der Waals surface area contributed by atoms with Crippen molar-refractivity contribution in [1.82, 2.24) is 9.88 Å². The SMILES string of the molecule is CCOC(=O)CC(c1csc(C)n1)N1CCCCC1. The molecule has 0 amide bonds. The maximum absolute atomic E-state index is 11.8. The summed E-state index contributed by atoms with van der Waals surface area (Å²) < 4.78 is 5.10. The summed E-state index contributed by atoms with van der Waals surface area (Å²) in [7, 11) is 0. The Morgan fingerprint density at radius 3 is 2.79 bits per heavy atom. The van der Waals surface area contributed by atoms with Crippen molar-refractivity contribution in [3.8, 4) is 0 Å². The Hall–Kier alpha value is -0.940. The standard InChI is InChI=1S/C14H22N2O2S/c1-3-18-14(17)9-13(12-10-19-11(2)15-12)16-7-5-4-6-8-16/h10,13H,3-9H2,1-2H3. The Kier molecular flexibility index (Phi) is 5.34. The third-order valence-corrected chi connectivity index (χ3v) is 4.27. The van der Waals surface area contributed by atoms with Gasteiger partial charge in [-0.2, -0.15) is 0 Å². The molecule has 0 saturated carbocycles. The van der Waals surface area contributed by atoms with E-state index in [1.54, 1.807) is 11.3 Å². The first-order chi connectivity index (χ1) is 9.20. The summed E-state index contributed by atoms with van der Waals surface area (Å²) in [6.07, 6.45) is 4.13. The van der Waals surface area contributed by atoms with Gasteiger partial charge in [0.25, 0.3) is 0 Å². The molecule has 0 radical (unpaired) electrons. The number of thiazole rings is 1.